The molecule has 184 valence electrons. The van der Waals surface area contributed by atoms with E-state index in [1.165, 1.54) is 0 Å². The molecule has 0 fully saturated rings. The number of fused-ring (bicyclic) bond motifs is 1. The third-order valence-electron chi connectivity index (χ3n) is 5.42. The molecule has 0 atom stereocenters. The molecule has 0 saturated heterocycles. The topological polar surface area (TPSA) is 91.6 Å². The van der Waals surface area contributed by atoms with Crippen molar-refractivity contribution in [2.45, 2.75) is 18.7 Å². The average Bonchev–Trinajstić information content (AvgIpc) is 3.19. The van der Waals surface area contributed by atoms with Crippen LogP contribution in [-0.2, 0) is 10.0 Å². The number of benzene rings is 2. The van der Waals surface area contributed by atoms with Gasteiger partial charge in [-0.25, -0.2) is 18.1 Å². The second kappa shape index (κ2) is 10.1. The number of hydrogen-bond donors (Lipinski definition) is 2. The predicted octanol–water partition coefficient (Wildman–Crippen LogP) is 4.77. The van der Waals surface area contributed by atoms with E-state index in [0.717, 1.165) is 28.0 Å². The number of aromatic nitrogens is 3. The normalized spacial score (nSPS) is 12.4. The molecule has 0 unspecified atom stereocenters. The van der Waals surface area contributed by atoms with Gasteiger partial charge in [0.05, 0.1) is 21.3 Å². The van der Waals surface area contributed by atoms with Crippen molar-refractivity contribution in [2.24, 2.45) is 5.41 Å². The Kier molecular flexibility index (Phi) is 7.27. The highest BCUT2D eigenvalue weighted by molar-refractivity contribution is 9.10. The molecule has 10 heteroatoms. The molecule has 4 rings (SSSR count). The maximum atomic E-state index is 12.8. The van der Waals surface area contributed by atoms with Crippen LogP contribution in [0.3, 0.4) is 0 Å². The van der Waals surface area contributed by atoms with E-state index in [4.69, 9.17) is 4.98 Å². The SMILES string of the molecule is CN(C)CC(C)(C)CNS(=O)(=O)c1ccc(Nc2cc(-c3ccccc3)nc3c(Br)cnn23)cc1. The summed E-state index contributed by atoms with van der Waals surface area (Å²) in [5, 5.41) is 7.75. The minimum Gasteiger partial charge on any atom is -0.340 e. The Morgan fingerprint density at radius 3 is 2.40 bits per heavy atom. The van der Waals surface area contributed by atoms with Gasteiger partial charge in [-0.15, -0.1) is 0 Å². The lowest BCUT2D eigenvalue weighted by Gasteiger charge is -2.28. The zero-order valence-corrected chi connectivity index (χ0v) is 22.6. The van der Waals surface area contributed by atoms with Gasteiger partial charge < -0.3 is 10.2 Å². The lowest BCUT2D eigenvalue weighted by atomic mass is 9.93. The van der Waals surface area contributed by atoms with Gasteiger partial charge in [0.2, 0.25) is 10.0 Å². The molecular formula is C25H29BrN6O2S. The smallest absolute Gasteiger partial charge is 0.240 e. The summed E-state index contributed by atoms with van der Waals surface area (Å²) in [5.74, 6) is 0.707. The fraction of sp³-hybridized carbons (Fsp3) is 0.280. The van der Waals surface area contributed by atoms with E-state index in [-0.39, 0.29) is 10.3 Å². The number of sulfonamides is 1. The van der Waals surface area contributed by atoms with E-state index in [0.29, 0.717) is 18.0 Å². The van der Waals surface area contributed by atoms with Gasteiger partial charge in [0.25, 0.3) is 0 Å². The summed E-state index contributed by atoms with van der Waals surface area (Å²) in [6.07, 6.45) is 1.70. The van der Waals surface area contributed by atoms with Crippen molar-refractivity contribution < 1.29 is 8.42 Å². The molecule has 0 radical (unpaired) electrons. The van der Waals surface area contributed by atoms with Crippen LogP contribution in [0.2, 0.25) is 0 Å². The van der Waals surface area contributed by atoms with Crippen molar-refractivity contribution in [1.29, 1.82) is 0 Å². The summed E-state index contributed by atoms with van der Waals surface area (Å²) < 4.78 is 30.9. The molecule has 2 heterocycles. The number of anilines is 2. The Hall–Kier alpha value is -2.79. The van der Waals surface area contributed by atoms with Crippen LogP contribution in [0.1, 0.15) is 13.8 Å². The van der Waals surface area contributed by atoms with E-state index in [1.54, 1.807) is 35.0 Å². The second-order valence-electron chi connectivity index (χ2n) is 9.50. The molecule has 0 saturated carbocycles. The maximum absolute atomic E-state index is 12.8. The fourth-order valence-electron chi connectivity index (χ4n) is 3.93. The highest BCUT2D eigenvalue weighted by atomic mass is 79.9. The molecule has 4 aromatic rings. The summed E-state index contributed by atoms with van der Waals surface area (Å²) in [4.78, 5) is 7.00. The number of hydrogen-bond acceptors (Lipinski definition) is 6. The molecule has 0 aliphatic heterocycles. The van der Waals surface area contributed by atoms with Crippen molar-refractivity contribution in [1.82, 2.24) is 24.2 Å². The van der Waals surface area contributed by atoms with Crippen molar-refractivity contribution >= 4 is 43.1 Å². The molecule has 0 bridgehead atoms. The van der Waals surface area contributed by atoms with Crippen molar-refractivity contribution in [3.05, 3.63) is 71.3 Å². The first-order chi connectivity index (χ1) is 16.5. The number of nitrogens with zero attached hydrogens (tertiary/aromatic N) is 4. The molecule has 0 aliphatic carbocycles. The first kappa shape index (κ1) is 25.3. The quantitative estimate of drug-likeness (QED) is 0.308. The third-order valence-corrected chi connectivity index (χ3v) is 7.40. The average molecular weight is 558 g/mol. The fourth-order valence-corrected chi connectivity index (χ4v) is 5.52. The molecule has 2 aromatic heterocycles. The van der Waals surface area contributed by atoms with Crippen LogP contribution in [0, 0.1) is 5.41 Å². The van der Waals surface area contributed by atoms with Gasteiger partial charge in [-0.2, -0.15) is 9.61 Å². The van der Waals surface area contributed by atoms with Crippen LogP contribution in [0.15, 0.2) is 76.2 Å². The van der Waals surface area contributed by atoms with Crippen molar-refractivity contribution in [3.8, 4) is 11.3 Å². The predicted molar refractivity (Wildman–Crippen MR) is 143 cm³/mol. The lowest BCUT2D eigenvalue weighted by Crippen LogP contribution is -2.39. The third kappa shape index (κ3) is 6.07. The van der Waals surface area contributed by atoms with Gasteiger partial charge in [0.15, 0.2) is 5.65 Å². The Bertz CT molecular complexity index is 1420. The molecule has 2 N–H and O–H groups in total. The Labute approximate surface area is 214 Å². The molecular weight excluding hydrogens is 528 g/mol. The minimum atomic E-state index is -3.62. The van der Waals surface area contributed by atoms with E-state index >= 15 is 0 Å². The van der Waals surface area contributed by atoms with Crippen LogP contribution in [0.4, 0.5) is 11.5 Å². The van der Waals surface area contributed by atoms with Crippen LogP contribution in [0.5, 0.6) is 0 Å². The van der Waals surface area contributed by atoms with Gasteiger partial charge in [0.1, 0.15) is 5.82 Å². The van der Waals surface area contributed by atoms with Crippen molar-refractivity contribution in [2.75, 3.05) is 32.5 Å². The number of rotatable bonds is 9. The van der Waals surface area contributed by atoms with Gasteiger partial charge in [-0.3, -0.25) is 0 Å². The zero-order valence-electron chi connectivity index (χ0n) is 20.2. The summed E-state index contributed by atoms with van der Waals surface area (Å²) in [6.45, 7) is 5.19. The molecule has 0 aliphatic rings. The van der Waals surface area contributed by atoms with Crippen LogP contribution in [0.25, 0.3) is 16.9 Å². The van der Waals surface area contributed by atoms with Gasteiger partial charge in [-0.05, 0) is 59.7 Å². The number of nitrogens with one attached hydrogen (secondary N) is 2. The monoisotopic (exact) mass is 556 g/mol. The first-order valence-corrected chi connectivity index (χ1v) is 13.4. The first-order valence-electron chi connectivity index (χ1n) is 11.2. The molecule has 0 spiro atoms. The molecule has 8 nitrogen and oxygen atoms in total. The van der Waals surface area contributed by atoms with Crippen LogP contribution in [-0.4, -0.2) is 55.1 Å². The Balaban J connectivity index is 1.56. The summed E-state index contributed by atoms with van der Waals surface area (Å²) >= 11 is 3.52. The second-order valence-corrected chi connectivity index (χ2v) is 12.1. The highest BCUT2D eigenvalue weighted by Crippen LogP contribution is 2.28. The van der Waals surface area contributed by atoms with Gasteiger partial charge in [0, 0.05) is 30.4 Å². The largest absolute Gasteiger partial charge is 0.340 e. The van der Waals surface area contributed by atoms with E-state index in [2.05, 4.69) is 31.1 Å². The van der Waals surface area contributed by atoms with E-state index < -0.39 is 10.0 Å². The molecule has 35 heavy (non-hydrogen) atoms. The highest BCUT2D eigenvalue weighted by Gasteiger charge is 2.23. The van der Waals surface area contributed by atoms with Gasteiger partial charge >= 0.3 is 0 Å². The molecule has 0 amide bonds. The van der Waals surface area contributed by atoms with Crippen LogP contribution >= 0.6 is 15.9 Å². The van der Waals surface area contributed by atoms with Crippen molar-refractivity contribution in [3.63, 3.8) is 0 Å². The summed E-state index contributed by atoms with van der Waals surface area (Å²) in [7, 11) is 0.328. The lowest BCUT2D eigenvalue weighted by molar-refractivity contribution is 0.242. The standard InChI is InChI=1S/C25H29BrN6O2S/c1-25(2,17-31(3)4)16-28-35(33,34)20-12-10-19(11-13-20)29-23-14-22(18-8-6-5-7-9-18)30-24-21(26)15-27-32(23)24/h5-15,28-29H,16-17H2,1-4H3. The molecule has 2 aromatic carbocycles. The van der Waals surface area contributed by atoms with Gasteiger partial charge in [-0.1, -0.05) is 44.2 Å². The Morgan fingerprint density at radius 1 is 1.06 bits per heavy atom. The van der Waals surface area contributed by atoms with E-state index in [9.17, 15) is 8.42 Å². The zero-order chi connectivity index (χ0) is 25.2. The van der Waals surface area contributed by atoms with E-state index in [1.807, 2.05) is 69.2 Å². The minimum absolute atomic E-state index is 0.195. The summed E-state index contributed by atoms with van der Waals surface area (Å²) in [6, 6.07) is 18.5. The summed E-state index contributed by atoms with van der Waals surface area (Å²) in [5.41, 5.74) is 2.99. The number of halogens is 1. The Morgan fingerprint density at radius 2 is 1.74 bits per heavy atom. The maximum Gasteiger partial charge on any atom is 0.240 e. The van der Waals surface area contributed by atoms with Crippen LogP contribution < -0.4 is 10.0 Å².